The quantitative estimate of drug-likeness (QED) is 0.259. The molecular formula is C9H17O7PS. The lowest BCUT2D eigenvalue weighted by molar-refractivity contribution is 0.150. The molecule has 9 heteroatoms. The maximum atomic E-state index is 11.4. The summed E-state index contributed by atoms with van der Waals surface area (Å²) in [5.74, 6) is 1.89. The number of phosphoric ester groups is 1. The Morgan fingerprint density at radius 2 is 1.83 bits per heavy atom. The molecule has 18 heavy (non-hydrogen) atoms. The van der Waals surface area contributed by atoms with E-state index < -0.39 is 17.9 Å². The second-order valence-electron chi connectivity index (χ2n) is 3.08. The summed E-state index contributed by atoms with van der Waals surface area (Å²) in [6.45, 7) is -0.217. The van der Waals surface area contributed by atoms with Crippen LogP contribution in [0.25, 0.3) is 0 Å². The van der Waals surface area contributed by atoms with Crippen LogP contribution in [-0.4, -0.2) is 41.6 Å². The number of phosphoric acid groups is 1. The lowest BCUT2D eigenvalue weighted by Crippen LogP contribution is -2.11. The largest absolute Gasteiger partial charge is 0.474 e. The molecule has 0 radical (unpaired) electrons. The summed E-state index contributed by atoms with van der Waals surface area (Å²) in [7, 11) is -4.69. The third kappa shape index (κ3) is 7.82. The average molecular weight is 300 g/mol. The van der Waals surface area contributed by atoms with E-state index in [-0.39, 0.29) is 19.0 Å². The molecule has 0 aromatic rings. The normalized spacial score (nSPS) is 12.3. The fraction of sp³-hybridized carbons (Fsp3) is 0.778. The zero-order chi connectivity index (χ0) is 14.1. The summed E-state index contributed by atoms with van der Waals surface area (Å²) in [5, 5.41) is 0. The van der Waals surface area contributed by atoms with E-state index in [2.05, 4.69) is 19.2 Å². The first-order valence-electron chi connectivity index (χ1n) is 5.06. The van der Waals surface area contributed by atoms with Crippen LogP contribution in [-0.2, 0) is 32.4 Å². The van der Waals surface area contributed by atoms with Gasteiger partial charge >= 0.3 is 7.82 Å². The minimum absolute atomic E-state index is 0.0591. The standard InChI is InChI=1S/C9H17O7PS/c1-4-7-16-18(11,12)9-6-5-8-15-17(10,13-2)14-3/h1H,5-9H2,2-3H3. The van der Waals surface area contributed by atoms with Gasteiger partial charge in [0.25, 0.3) is 10.1 Å². The van der Waals surface area contributed by atoms with E-state index in [9.17, 15) is 13.0 Å². The lowest BCUT2D eigenvalue weighted by atomic mass is 10.4. The zero-order valence-corrected chi connectivity index (χ0v) is 12.0. The van der Waals surface area contributed by atoms with Gasteiger partial charge in [0.05, 0.1) is 12.4 Å². The monoisotopic (exact) mass is 300 g/mol. The lowest BCUT2D eigenvalue weighted by Gasteiger charge is -2.12. The molecule has 0 heterocycles. The smallest absolute Gasteiger partial charge is 0.290 e. The molecule has 0 unspecified atom stereocenters. The minimum Gasteiger partial charge on any atom is -0.290 e. The van der Waals surface area contributed by atoms with Crippen LogP contribution in [0.2, 0.25) is 0 Å². The Bertz CT molecular complexity index is 403. The zero-order valence-electron chi connectivity index (χ0n) is 10.3. The van der Waals surface area contributed by atoms with Gasteiger partial charge in [-0.05, 0) is 12.8 Å². The van der Waals surface area contributed by atoms with E-state index >= 15 is 0 Å². The van der Waals surface area contributed by atoms with Crippen LogP contribution in [0.3, 0.4) is 0 Å². The fourth-order valence-corrected chi connectivity index (χ4v) is 2.56. The SMILES string of the molecule is C#CCOS(=O)(=O)CCCCOP(=O)(OC)OC. The van der Waals surface area contributed by atoms with E-state index in [0.29, 0.717) is 12.8 Å². The summed E-state index contributed by atoms with van der Waals surface area (Å²) in [6.07, 6.45) is 5.53. The van der Waals surface area contributed by atoms with Gasteiger partial charge in [0.2, 0.25) is 0 Å². The Morgan fingerprint density at radius 3 is 2.33 bits per heavy atom. The van der Waals surface area contributed by atoms with Gasteiger partial charge in [0.15, 0.2) is 0 Å². The van der Waals surface area contributed by atoms with Crippen LogP contribution < -0.4 is 0 Å². The Labute approximate surface area is 107 Å². The van der Waals surface area contributed by atoms with Crippen molar-refractivity contribution in [3.8, 4) is 12.3 Å². The Morgan fingerprint density at radius 1 is 1.22 bits per heavy atom. The number of hydrogen-bond acceptors (Lipinski definition) is 7. The van der Waals surface area contributed by atoms with E-state index in [4.69, 9.17) is 10.9 Å². The van der Waals surface area contributed by atoms with E-state index in [1.165, 1.54) is 14.2 Å². The molecule has 0 atom stereocenters. The van der Waals surface area contributed by atoms with Gasteiger partial charge in [0.1, 0.15) is 6.61 Å². The fourth-order valence-electron chi connectivity index (χ4n) is 0.920. The molecule has 0 N–H and O–H groups in total. The predicted molar refractivity (Wildman–Crippen MR) is 65.4 cm³/mol. The van der Waals surface area contributed by atoms with Crippen molar-refractivity contribution >= 4 is 17.9 Å². The summed E-state index contributed by atoms with van der Waals surface area (Å²) < 4.78 is 52.2. The Hall–Kier alpha value is -0.420. The Balaban J connectivity index is 3.82. The van der Waals surface area contributed by atoms with Crippen molar-refractivity contribution < 1.29 is 30.7 Å². The van der Waals surface area contributed by atoms with Crippen LogP contribution in [0.15, 0.2) is 0 Å². The van der Waals surface area contributed by atoms with Crippen LogP contribution in [0.5, 0.6) is 0 Å². The molecule has 0 aromatic carbocycles. The van der Waals surface area contributed by atoms with Crippen molar-refractivity contribution in [2.45, 2.75) is 12.8 Å². The maximum absolute atomic E-state index is 11.4. The first kappa shape index (κ1) is 17.6. The molecule has 106 valence electrons. The molecular weight excluding hydrogens is 283 g/mol. The molecule has 0 aliphatic rings. The van der Waals surface area contributed by atoms with E-state index in [1.54, 1.807) is 0 Å². The highest BCUT2D eigenvalue weighted by atomic mass is 32.2. The van der Waals surface area contributed by atoms with Gasteiger partial charge in [-0.2, -0.15) is 8.42 Å². The summed E-state index contributed by atoms with van der Waals surface area (Å²) >= 11 is 0. The second kappa shape index (κ2) is 8.64. The number of rotatable bonds is 10. The van der Waals surface area contributed by atoms with Gasteiger partial charge in [-0.15, -0.1) is 6.42 Å². The first-order chi connectivity index (χ1) is 8.39. The summed E-state index contributed by atoms with van der Waals surface area (Å²) in [6, 6.07) is 0. The molecule has 0 rings (SSSR count). The molecule has 0 aromatic heterocycles. The molecule has 0 amide bonds. The molecule has 0 fully saturated rings. The third-order valence-corrected chi connectivity index (χ3v) is 4.47. The number of hydrogen-bond donors (Lipinski definition) is 0. The first-order valence-corrected chi connectivity index (χ1v) is 8.09. The topological polar surface area (TPSA) is 88.1 Å². The highest BCUT2D eigenvalue weighted by molar-refractivity contribution is 7.86. The third-order valence-electron chi connectivity index (χ3n) is 1.81. The van der Waals surface area contributed by atoms with Gasteiger partial charge in [-0.25, -0.2) is 4.57 Å². The molecule has 0 spiro atoms. The number of unbranched alkanes of at least 4 members (excludes halogenated alkanes) is 1. The van der Waals surface area contributed by atoms with Gasteiger partial charge in [-0.3, -0.25) is 17.8 Å². The Kier molecular flexibility index (Phi) is 8.44. The molecule has 7 nitrogen and oxygen atoms in total. The van der Waals surface area contributed by atoms with Crippen LogP contribution in [0.4, 0.5) is 0 Å². The molecule has 0 saturated carbocycles. The van der Waals surface area contributed by atoms with E-state index in [0.717, 1.165) is 0 Å². The van der Waals surface area contributed by atoms with Crippen molar-refractivity contribution in [3.63, 3.8) is 0 Å². The van der Waals surface area contributed by atoms with Crippen molar-refractivity contribution in [3.05, 3.63) is 0 Å². The van der Waals surface area contributed by atoms with Gasteiger partial charge < -0.3 is 0 Å². The maximum Gasteiger partial charge on any atom is 0.474 e. The van der Waals surface area contributed by atoms with Crippen molar-refractivity contribution in [1.29, 1.82) is 0 Å². The highest BCUT2D eigenvalue weighted by Crippen LogP contribution is 2.47. The van der Waals surface area contributed by atoms with Crippen LogP contribution in [0, 0.1) is 12.3 Å². The van der Waals surface area contributed by atoms with Gasteiger partial charge in [0, 0.05) is 14.2 Å². The van der Waals surface area contributed by atoms with Crippen LogP contribution in [0.1, 0.15) is 12.8 Å². The minimum atomic E-state index is -3.60. The highest BCUT2D eigenvalue weighted by Gasteiger charge is 2.22. The van der Waals surface area contributed by atoms with Gasteiger partial charge in [-0.1, -0.05) is 5.92 Å². The summed E-state index contributed by atoms with van der Waals surface area (Å²) in [4.78, 5) is 0. The summed E-state index contributed by atoms with van der Waals surface area (Å²) in [5.41, 5.74) is 0. The van der Waals surface area contributed by atoms with Crippen LogP contribution >= 0.6 is 7.82 Å². The van der Waals surface area contributed by atoms with Crippen molar-refractivity contribution in [2.24, 2.45) is 0 Å². The van der Waals surface area contributed by atoms with Crippen molar-refractivity contribution in [1.82, 2.24) is 0 Å². The predicted octanol–water partition coefficient (Wildman–Crippen LogP) is 1.16. The average Bonchev–Trinajstić information content (AvgIpc) is 2.35. The van der Waals surface area contributed by atoms with Crippen molar-refractivity contribution in [2.75, 3.05) is 33.2 Å². The molecule has 0 aliphatic carbocycles. The molecule has 0 aliphatic heterocycles. The number of terminal acetylenes is 1. The molecule has 0 bridgehead atoms. The van der Waals surface area contributed by atoms with E-state index in [1.807, 2.05) is 0 Å². The second-order valence-corrected chi connectivity index (χ2v) is 6.72. The molecule has 0 saturated heterocycles.